The summed E-state index contributed by atoms with van der Waals surface area (Å²) in [6, 6.07) is 4.85. The third kappa shape index (κ3) is 5.11. The van der Waals surface area contributed by atoms with E-state index in [2.05, 4.69) is 15.9 Å². The molecule has 0 saturated carbocycles. The number of aliphatic carboxylic acids is 1. The molecule has 0 radical (unpaired) electrons. The summed E-state index contributed by atoms with van der Waals surface area (Å²) >= 11 is 9.16. The van der Waals surface area contributed by atoms with Crippen LogP contribution in [0.25, 0.3) is 0 Å². The zero-order chi connectivity index (χ0) is 15.3. The maximum absolute atomic E-state index is 12.4. The fourth-order valence-electron chi connectivity index (χ4n) is 1.57. The summed E-state index contributed by atoms with van der Waals surface area (Å²) in [5.41, 5.74) is 0.359. The molecule has 0 aliphatic rings. The molecule has 0 spiro atoms. The standard InChI is InChI=1S/C13H16BrClN2O3/c1-16(2)5-6-17(8-12(18)19)13(20)10-7-9(15)3-4-11(10)14/h3-4,7H,5-6,8H2,1-2H3,(H,18,19). The van der Waals surface area contributed by atoms with Gasteiger partial charge in [0.2, 0.25) is 0 Å². The first-order valence-corrected chi connectivity index (χ1v) is 7.09. The van der Waals surface area contributed by atoms with Crippen LogP contribution >= 0.6 is 27.5 Å². The monoisotopic (exact) mass is 362 g/mol. The fourth-order valence-corrected chi connectivity index (χ4v) is 2.16. The number of carboxylic acid groups (broad SMARTS) is 1. The van der Waals surface area contributed by atoms with Crippen molar-refractivity contribution < 1.29 is 14.7 Å². The van der Waals surface area contributed by atoms with Gasteiger partial charge < -0.3 is 14.9 Å². The highest BCUT2D eigenvalue weighted by Crippen LogP contribution is 2.22. The molecule has 0 saturated heterocycles. The number of halogens is 2. The lowest BCUT2D eigenvalue weighted by Gasteiger charge is -2.23. The van der Waals surface area contributed by atoms with Crippen LogP contribution in [0.3, 0.4) is 0 Å². The number of carboxylic acids is 1. The molecule has 110 valence electrons. The van der Waals surface area contributed by atoms with Crippen LogP contribution in [0.2, 0.25) is 5.02 Å². The molecule has 5 nitrogen and oxygen atoms in total. The van der Waals surface area contributed by atoms with Gasteiger partial charge in [0, 0.05) is 22.6 Å². The van der Waals surface area contributed by atoms with E-state index in [1.807, 2.05) is 19.0 Å². The Morgan fingerprint density at radius 3 is 2.50 bits per heavy atom. The second kappa shape index (κ2) is 7.61. The largest absolute Gasteiger partial charge is 0.480 e. The van der Waals surface area contributed by atoms with Gasteiger partial charge in [0.1, 0.15) is 6.54 Å². The molecule has 1 rings (SSSR count). The Morgan fingerprint density at radius 1 is 1.30 bits per heavy atom. The normalized spacial score (nSPS) is 10.7. The van der Waals surface area contributed by atoms with Crippen molar-refractivity contribution in [2.75, 3.05) is 33.7 Å². The van der Waals surface area contributed by atoms with Crippen molar-refractivity contribution in [2.45, 2.75) is 0 Å². The Balaban J connectivity index is 2.96. The smallest absolute Gasteiger partial charge is 0.323 e. The first-order chi connectivity index (χ1) is 9.31. The van der Waals surface area contributed by atoms with Crippen molar-refractivity contribution in [3.05, 3.63) is 33.3 Å². The number of rotatable bonds is 6. The van der Waals surface area contributed by atoms with Gasteiger partial charge in [-0.05, 0) is 48.2 Å². The third-order valence-electron chi connectivity index (χ3n) is 2.59. The number of carbonyl (C=O) groups is 2. The zero-order valence-corrected chi connectivity index (χ0v) is 13.6. The van der Waals surface area contributed by atoms with Crippen molar-refractivity contribution in [3.63, 3.8) is 0 Å². The van der Waals surface area contributed by atoms with E-state index in [9.17, 15) is 9.59 Å². The number of likely N-dealkylation sites (N-methyl/N-ethyl adjacent to an activating group) is 1. The Labute approximate surface area is 131 Å². The van der Waals surface area contributed by atoms with Crippen molar-refractivity contribution in [2.24, 2.45) is 0 Å². The maximum Gasteiger partial charge on any atom is 0.323 e. The van der Waals surface area contributed by atoms with E-state index in [-0.39, 0.29) is 12.5 Å². The van der Waals surface area contributed by atoms with Gasteiger partial charge in [-0.15, -0.1) is 0 Å². The topological polar surface area (TPSA) is 60.9 Å². The molecule has 0 fully saturated rings. The molecule has 0 aliphatic heterocycles. The number of amides is 1. The van der Waals surface area contributed by atoms with Crippen molar-refractivity contribution in [1.82, 2.24) is 9.80 Å². The van der Waals surface area contributed by atoms with Gasteiger partial charge in [0.15, 0.2) is 0 Å². The lowest BCUT2D eigenvalue weighted by Crippen LogP contribution is -2.40. The molecule has 1 N–H and O–H groups in total. The highest BCUT2D eigenvalue weighted by Gasteiger charge is 2.20. The highest BCUT2D eigenvalue weighted by atomic mass is 79.9. The predicted octanol–water partition coefficient (Wildman–Crippen LogP) is 2.19. The number of carbonyl (C=O) groups excluding carboxylic acids is 1. The van der Waals surface area contributed by atoms with E-state index in [1.54, 1.807) is 12.1 Å². The molecule has 7 heteroatoms. The predicted molar refractivity (Wildman–Crippen MR) is 81.2 cm³/mol. The molecule has 0 unspecified atom stereocenters. The Morgan fingerprint density at radius 2 is 1.95 bits per heavy atom. The summed E-state index contributed by atoms with van der Waals surface area (Å²) in [6.45, 7) is 0.569. The Hall–Kier alpha value is -1.11. The minimum absolute atomic E-state index is 0.330. The zero-order valence-electron chi connectivity index (χ0n) is 11.3. The third-order valence-corrected chi connectivity index (χ3v) is 3.52. The fraction of sp³-hybridized carbons (Fsp3) is 0.385. The van der Waals surface area contributed by atoms with Gasteiger partial charge in [-0.2, -0.15) is 0 Å². The van der Waals surface area contributed by atoms with Crippen LogP contribution in [-0.4, -0.2) is 60.5 Å². The number of benzene rings is 1. The SMILES string of the molecule is CN(C)CCN(CC(=O)O)C(=O)c1cc(Cl)ccc1Br. The maximum atomic E-state index is 12.4. The van der Waals surface area contributed by atoms with E-state index in [1.165, 1.54) is 11.0 Å². The van der Waals surface area contributed by atoms with Gasteiger partial charge >= 0.3 is 5.97 Å². The summed E-state index contributed by atoms with van der Waals surface area (Å²) < 4.78 is 0.590. The molecular weight excluding hydrogens is 348 g/mol. The van der Waals surface area contributed by atoms with Gasteiger partial charge in [0.25, 0.3) is 5.91 Å². The molecule has 1 aromatic rings. The van der Waals surface area contributed by atoms with Crippen LogP contribution in [0.5, 0.6) is 0 Å². The van der Waals surface area contributed by atoms with Crippen LogP contribution in [0.1, 0.15) is 10.4 Å². The first kappa shape index (κ1) is 16.9. The summed E-state index contributed by atoms with van der Waals surface area (Å²) in [7, 11) is 3.72. The van der Waals surface area contributed by atoms with Gasteiger partial charge in [-0.1, -0.05) is 11.6 Å². The van der Waals surface area contributed by atoms with Gasteiger partial charge in [-0.3, -0.25) is 9.59 Å². The summed E-state index contributed by atoms with van der Waals surface area (Å²) in [4.78, 5) is 26.5. The molecule has 0 bridgehead atoms. The van der Waals surface area contributed by atoms with E-state index in [0.717, 1.165) is 0 Å². The minimum Gasteiger partial charge on any atom is -0.480 e. The quantitative estimate of drug-likeness (QED) is 0.841. The van der Waals surface area contributed by atoms with Crippen LogP contribution in [0.15, 0.2) is 22.7 Å². The molecule has 0 atom stereocenters. The number of hydrogen-bond donors (Lipinski definition) is 1. The first-order valence-electron chi connectivity index (χ1n) is 5.92. The summed E-state index contributed by atoms with van der Waals surface area (Å²) in [6.07, 6.45) is 0. The molecule has 0 aromatic heterocycles. The van der Waals surface area contributed by atoms with Crippen molar-refractivity contribution in [3.8, 4) is 0 Å². The van der Waals surface area contributed by atoms with Crippen LogP contribution in [0, 0.1) is 0 Å². The number of hydrogen-bond acceptors (Lipinski definition) is 3. The average molecular weight is 364 g/mol. The molecular formula is C13H16BrClN2O3. The second-order valence-electron chi connectivity index (χ2n) is 4.55. The minimum atomic E-state index is -1.05. The summed E-state index contributed by atoms with van der Waals surface area (Å²) in [5.74, 6) is -1.40. The lowest BCUT2D eigenvalue weighted by atomic mass is 10.2. The van der Waals surface area contributed by atoms with E-state index in [4.69, 9.17) is 16.7 Å². The molecule has 0 heterocycles. The lowest BCUT2D eigenvalue weighted by molar-refractivity contribution is -0.137. The van der Waals surface area contributed by atoms with Gasteiger partial charge in [-0.25, -0.2) is 0 Å². The molecule has 20 heavy (non-hydrogen) atoms. The highest BCUT2D eigenvalue weighted by molar-refractivity contribution is 9.10. The van der Waals surface area contributed by atoms with Crippen LogP contribution in [-0.2, 0) is 4.79 Å². The van der Waals surface area contributed by atoms with Crippen LogP contribution < -0.4 is 0 Å². The molecule has 1 aromatic carbocycles. The Kier molecular flexibility index (Phi) is 6.45. The molecule has 0 aliphatic carbocycles. The van der Waals surface area contributed by atoms with Gasteiger partial charge in [0.05, 0.1) is 5.56 Å². The molecule has 1 amide bonds. The van der Waals surface area contributed by atoms with Crippen molar-refractivity contribution >= 4 is 39.4 Å². The number of nitrogens with zero attached hydrogens (tertiary/aromatic N) is 2. The average Bonchev–Trinajstić information content (AvgIpc) is 2.36. The van der Waals surface area contributed by atoms with E-state index >= 15 is 0 Å². The Bertz CT molecular complexity index is 508. The van der Waals surface area contributed by atoms with E-state index in [0.29, 0.717) is 28.1 Å². The van der Waals surface area contributed by atoms with Crippen molar-refractivity contribution in [1.29, 1.82) is 0 Å². The summed E-state index contributed by atoms with van der Waals surface area (Å²) in [5, 5.41) is 9.35. The second-order valence-corrected chi connectivity index (χ2v) is 5.84. The van der Waals surface area contributed by atoms with E-state index < -0.39 is 5.97 Å². The van der Waals surface area contributed by atoms with Crippen LogP contribution in [0.4, 0.5) is 0 Å².